The first kappa shape index (κ1) is 25.1. The van der Waals surface area contributed by atoms with Gasteiger partial charge >= 0.3 is 0 Å². The number of carbonyl (C=O) groups excluding carboxylic acids is 1. The fourth-order valence-corrected chi connectivity index (χ4v) is 5.10. The number of halogens is 2. The van der Waals surface area contributed by atoms with Crippen LogP contribution in [0.5, 0.6) is 0 Å². The van der Waals surface area contributed by atoms with Crippen molar-refractivity contribution in [3.63, 3.8) is 0 Å². The summed E-state index contributed by atoms with van der Waals surface area (Å²) in [7, 11) is -3.81. The van der Waals surface area contributed by atoms with Gasteiger partial charge in [-0.2, -0.15) is 0 Å². The van der Waals surface area contributed by atoms with E-state index in [0.717, 1.165) is 16.9 Å². The van der Waals surface area contributed by atoms with E-state index in [4.69, 9.17) is 5.73 Å². The molecule has 2 aromatic carbocycles. The number of hydrogen-bond donors (Lipinski definition) is 2. The molecular formula is C19H21Cl2N3O3S2. The first-order valence-electron chi connectivity index (χ1n) is 8.34. The van der Waals surface area contributed by atoms with Gasteiger partial charge in [-0.25, -0.2) is 13.4 Å². The average Bonchev–Trinajstić information content (AvgIpc) is 3.18. The van der Waals surface area contributed by atoms with Crippen molar-refractivity contribution in [2.24, 2.45) is 5.73 Å². The molecule has 0 aliphatic heterocycles. The quantitative estimate of drug-likeness (QED) is 0.567. The van der Waals surface area contributed by atoms with Crippen molar-refractivity contribution in [3.05, 3.63) is 65.3 Å². The highest BCUT2D eigenvalue weighted by Crippen LogP contribution is 2.30. The molecule has 0 radical (unpaired) electrons. The molecule has 29 heavy (non-hydrogen) atoms. The molecule has 1 aromatic heterocycles. The van der Waals surface area contributed by atoms with Crippen molar-refractivity contribution in [1.82, 2.24) is 10.3 Å². The second-order valence-corrected chi connectivity index (χ2v) is 9.04. The van der Waals surface area contributed by atoms with E-state index >= 15 is 0 Å². The number of nitrogens with one attached hydrogen (secondary N) is 1. The van der Waals surface area contributed by atoms with Crippen LogP contribution < -0.4 is 11.1 Å². The van der Waals surface area contributed by atoms with Crippen molar-refractivity contribution >= 4 is 51.9 Å². The SMILES string of the molecule is CCNC(=O)c1cc(-c2ccccc2)cc(S(=O)(=O)c2cnc(CN)s2)c1.Cl.Cl. The second-order valence-electron chi connectivity index (χ2n) is 5.75. The molecule has 1 amide bonds. The van der Waals surface area contributed by atoms with Crippen LogP contribution in [0.25, 0.3) is 11.1 Å². The number of carbonyl (C=O) groups is 1. The number of benzene rings is 2. The normalized spacial score (nSPS) is 10.6. The third-order valence-electron chi connectivity index (χ3n) is 3.90. The number of nitrogens with zero attached hydrogens (tertiary/aromatic N) is 1. The summed E-state index contributed by atoms with van der Waals surface area (Å²) in [5, 5.41) is 3.25. The Kier molecular flexibility index (Phi) is 9.25. The zero-order chi connectivity index (χ0) is 19.4. The van der Waals surface area contributed by atoms with Gasteiger partial charge in [-0.3, -0.25) is 4.79 Å². The minimum atomic E-state index is -3.81. The molecule has 6 nitrogen and oxygen atoms in total. The summed E-state index contributed by atoms with van der Waals surface area (Å²) in [5.74, 6) is -0.321. The second kappa shape index (κ2) is 10.7. The summed E-state index contributed by atoms with van der Waals surface area (Å²) >= 11 is 1.04. The van der Waals surface area contributed by atoms with Gasteiger partial charge < -0.3 is 11.1 Å². The van der Waals surface area contributed by atoms with E-state index in [-0.39, 0.29) is 46.4 Å². The molecule has 0 bridgehead atoms. The van der Waals surface area contributed by atoms with Gasteiger partial charge in [-0.1, -0.05) is 30.3 Å². The van der Waals surface area contributed by atoms with Crippen molar-refractivity contribution in [1.29, 1.82) is 0 Å². The molecule has 0 aliphatic carbocycles. The molecule has 1 heterocycles. The molecule has 0 aliphatic rings. The predicted molar refractivity (Wildman–Crippen MR) is 120 cm³/mol. The van der Waals surface area contributed by atoms with Crippen LogP contribution in [0.4, 0.5) is 0 Å². The first-order valence-corrected chi connectivity index (χ1v) is 10.6. The van der Waals surface area contributed by atoms with Crippen LogP contribution in [-0.4, -0.2) is 25.9 Å². The van der Waals surface area contributed by atoms with E-state index in [2.05, 4.69) is 10.3 Å². The maximum Gasteiger partial charge on any atom is 0.251 e. The maximum atomic E-state index is 13.1. The first-order chi connectivity index (χ1) is 13.0. The Morgan fingerprint density at radius 2 is 1.79 bits per heavy atom. The highest BCUT2D eigenvalue weighted by atomic mass is 35.5. The Morgan fingerprint density at radius 1 is 1.10 bits per heavy atom. The van der Waals surface area contributed by atoms with Crippen molar-refractivity contribution in [2.75, 3.05) is 6.54 Å². The van der Waals surface area contributed by atoms with Crippen molar-refractivity contribution < 1.29 is 13.2 Å². The largest absolute Gasteiger partial charge is 0.352 e. The highest BCUT2D eigenvalue weighted by molar-refractivity contribution is 7.93. The third kappa shape index (κ3) is 5.55. The van der Waals surface area contributed by atoms with Crippen molar-refractivity contribution in [3.8, 4) is 11.1 Å². The van der Waals surface area contributed by atoms with Crippen LogP contribution in [0, 0.1) is 0 Å². The Morgan fingerprint density at radius 3 is 2.38 bits per heavy atom. The fraction of sp³-hybridized carbons (Fsp3) is 0.158. The fourth-order valence-electron chi connectivity index (χ4n) is 2.57. The summed E-state index contributed by atoms with van der Waals surface area (Å²) in [4.78, 5) is 16.4. The topological polar surface area (TPSA) is 102 Å². The van der Waals surface area contributed by atoms with Gasteiger partial charge in [0.25, 0.3) is 5.91 Å². The Bertz CT molecular complexity index is 1070. The lowest BCUT2D eigenvalue weighted by Gasteiger charge is -2.10. The predicted octanol–water partition coefficient (Wildman–Crippen LogP) is 3.69. The van der Waals surface area contributed by atoms with E-state index in [1.54, 1.807) is 12.1 Å². The number of rotatable bonds is 6. The van der Waals surface area contributed by atoms with Crippen LogP contribution >= 0.6 is 36.2 Å². The van der Waals surface area contributed by atoms with Gasteiger partial charge in [-0.05, 0) is 36.2 Å². The highest BCUT2D eigenvalue weighted by Gasteiger charge is 2.23. The lowest BCUT2D eigenvalue weighted by atomic mass is 10.0. The van der Waals surface area contributed by atoms with Gasteiger partial charge in [0.1, 0.15) is 9.22 Å². The molecule has 0 fully saturated rings. The number of sulfone groups is 1. The van der Waals surface area contributed by atoms with Gasteiger partial charge in [0.05, 0.1) is 11.1 Å². The zero-order valence-corrected chi connectivity index (χ0v) is 18.8. The standard InChI is InChI=1S/C19H19N3O3S2.2ClH/c1-2-21-19(23)15-8-14(13-6-4-3-5-7-13)9-16(10-15)27(24,25)18-12-22-17(11-20)26-18;;/h3-10,12H,2,11,20H2,1H3,(H,21,23);2*1H. The monoisotopic (exact) mass is 473 g/mol. The summed E-state index contributed by atoms with van der Waals surface area (Å²) in [6, 6.07) is 14.0. The third-order valence-corrected chi connectivity index (χ3v) is 7.11. The molecule has 0 saturated heterocycles. The summed E-state index contributed by atoms with van der Waals surface area (Å²) in [6.07, 6.45) is 1.31. The number of hydrogen-bond acceptors (Lipinski definition) is 6. The van der Waals surface area contributed by atoms with Crippen LogP contribution in [0.1, 0.15) is 22.3 Å². The van der Waals surface area contributed by atoms with E-state index in [0.29, 0.717) is 22.7 Å². The number of aromatic nitrogens is 1. The van der Waals surface area contributed by atoms with Gasteiger partial charge in [0.2, 0.25) is 9.84 Å². The van der Waals surface area contributed by atoms with Crippen molar-refractivity contribution in [2.45, 2.75) is 22.6 Å². The number of amides is 1. The van der Waals surface area contributed by atoms with Crippen LogP contribution in [-0.2, 0) is 16.4 Å². The van der Waals surface area contributed by atoms with Gasteiger partial charge in [0, 0.05) is 18.7 Å². The molecule has 3 rings (SSSR count). The smallest absolute Gasteiger partial charge is 0.251 e. The number of thiazole rings is 1. The van der Waals surface area contributed by atoms with E-state index in [1.807, 2.05) is 37.3 Å². The molecule has 3 aromatic rings. The van der Waals surface area contributed by atoms with E-state index in [9.17, 15) is 13.2 Å². The van der Waals surface area contributed by atoms with E-state index < -0.39 is 9.84 Å². The molecular weight excluding hydrogens is 453 g/mol. The summed E-state index contributed by atoms with van der Waals surface area (Å²) in [5.41, 5.74) is 7.31. The minimum Gasteiger partial charge on any atom is -0.352 e. The Balaban J connectivity index is 0.00000210. The summed E-state index contributed by atoms with van der Waals surface area (Å²) in [6.45, 7) is 2.43. The van der Waals surface area contributed by atoms with Gasteiger partial charge in [-0.15, -0.1) is 36.2 Å². The van der Waals surface area contributed by atoms with Gasteiger partial charge in [0.15, 0.2) is 0 Å². The van der Waals surface area contributed by atoms with Crippen LogP contribution in [0.3, 0.4) is 0 Å². The lowest BCUT2D eigenvalue weighted by Crippen LogP contribution is -2.23. The minimum absolute atomic E-state index is 0. The molecule has 0 saturated carbocycles. The van der Waals surface area contributed by atoms with E-state index in [1.165, 1.54) is 12.3 Å². The molecule has 3 N–H and O–H groups in total. The molecule has 0 spiro atoms. The Labute approximate surface area is 186 Å². The average molecular weight is 474 g/mol. The maximum absolute atomic E-state index is 13.1. The van der Waals surface area contributed by atoms with Crippen LogP contribution in [0.2, 0.25) is 0 Å². The zero-order valence-electron chi connectivity index (χ0n) is 15.5. The molecule has 0 atom stereocenters. The number of nitrogens with two attached hydrogens (primary N) is 1. The lowest BCUT2D eigenvalue weighted by molar-refractivity contribution is 0.0955. The molecule has 0 unspecified atom stereocenters. The molecule has 156 valence electrons. The molecule has 10 heteroatoms. The summed E-state index contributed by atoms with van der Waals surface area (Å²) < 4.78 is 26.3. The Hall–Kier alpha value is -1.97. The van der Waals surface area contributed by atoms with Crippen LogP contribution in [0.15, 0.2) is 63.8 Å².